The lowest BCUT2D eigenvalue weighted by atomic mass is 10.1. The molecule has 1 aromatic heterocycles. The van der Waals surface area contributed by atoms with Gasteiger partial charge in [-0.3, -0.25) is 4.68 Å². The van der Waals surface area contributed by atoms with E-state index in [0.717, 1.165) is 19.4 Å². The highest BCUT2D eigenvalue weighted by Crippen LogP contribution is 2.29. The van der Waals surface area contributed by atoms with Crippen molar-refractivity contribution in [3.05, 3.63) is 17.5 Å². The Labute approximate surface area is 94.3 Å². The SMILES string of the molecule is CCOC(=O)c1cn(C)nc1[C@@H]1CCCO1. The molecule has 2 heterocycles. The lowest BCUT2D eigenvalue weighted by molar-refractivity contribution is 0.0514. The van der Waals surface area contributed by atoms with Crippen molar-refractivity contribution in [2.75, 3.05) is 13.2 Å². The van der Waals surface area contributed by atoms with Crippen molar-refractivity contribution in [1.29, 1.82) is 0 Å². The van der Waals surface area contributed by atoms with E-state index in [1.807, 2.05) is 0 Å². The molecule has 0 radical (unpaired) electrons. The fraction of sp³-hybridized carbons (Fsp3) is 0.636. The van der Waals surface area contributed by atoms with E-state index in [4.69, 9.17) is 9.47 Å². The summed E-state index contributed by atoms with van der Waals surface area (Å²) in [4.78, 5) is 11.7. The maximum atomic E-state index is 11.7. The lowest BCUT2D eigenvalue weighted by Gasteiger charge is -2.07. The number of aryl methyl sites for hydroxylation is 1. The first kappa shape index (κ1) is 11.1. The molecule has 88 valence electrons. The Hall–Kier alpha value is -1.36. The van der Waals surface area contributed by atoms with Gasteiger partial charge in [-0.15, -0.1) is 0 Å². The van der Waals surface area contributed by atoms with Crippen molar-refractivity contribution in [3.8, 4) is 0 Å². The molecule has 0 unspecified atom stereocenters. The second-order valence-corrected chi connectivity index (χ2v) is 3.82. The van der Waals surface area contributed by atoms with E-state index in [1.54, 1.807) is 24.9 Å². The molecule has 0 aliphatic carbocycles. The molecule has 5 heteroatoms. The summed E-state index contributed by atoms with van der Waals surface area (Å²) < 4.78 is 12.2. The standard InChI is InChI=1S/C11H16N2O3/c1-3-15-11(14)8-7-13(2)12-10(8)9-5-4-6-16-9/h7,9H,3-6H2,1-2H3/t9-/m0/s1. The zero-order valence-electron chi connectivity index (χ0n) is 9.60. The van der Waals surface area contributed by atoms with Gasteiger partial charge in [0.25, 0.3) is 0 Å². The van der Waals surface area contributed by atoms with Crippen LogP contribution >= 0.6 is 0 Å². The van der Waals surface area contributed by atoms with Crippen LogP contribution in [0.2, 0.25) is 0 Å². The van der Waals surface area contributed by atoms with Gasteiger partial charge in [0, 0.05) is 19.9 Å². The fourth-order valence-corrected chi connectivity index (χ4v) is 1.90. The first-order valence-corrected chi connectivity index (χ1v) is 5.54. The Morgan fingerprint density at radius 1 is 1.75 bits per heavy atom. The maximum absolute atomic E-state index is 11.7. The Balaban J connectivity index is 2.25. The monoisotopic (exact) mass is 224 g/mol. The smallest absolute Gasteiger partial charge is 0.341 e. The van der Waals surface area contributed by atoms with E-state index in [2.05, 4.69) is 5.10 Å². The van der Waals surface area contributed by atoms with E-state index in [0.29, 0.717) is 17.9 Å². The molecule has 0 amide bonds. The Bertz CT molecular complexity index is 381. The van der Waals surface area contributed by atoms with Crippen LogP contribution in [0.3, 0.4) is 0 Å². The van der Waals surface area contributed by atoms with Crippen LogP contribution < -0.4 is 0 Å². The highest BCUT2D eigenvalue weighted by molar-refractivity contribution is 5.90. The number of carbonyl (C=O) groups is 1. The summed E-state index contributed by atoms with van der Waals surface area (Å²) in [5, 5.41) is 4.29. The lowest BCUT2D eigenvalue weighted by Crippen LogP contribution is -2.09. The fourth-order valence-electron chi connectivity index (χ4n) is 1.90. The molecule has 1 aromatic rings. The van der Waals surface area contributed by atoms with Gasteiger partial charge in [-0.05, 0) is 19.8 Å². The van der Waals surface area contributed by atoms with Crippen molar-refractivity contribution < 1.29 is 14.3 Å². The molecule has 1 atom stereocenters. The van der Waals surface area contributed by atoms with Crippen molar-refractivity contribution in [3.63, 3.8) is 0 Å². The number of rotatable bonds is 3. The molecule has 16 heavy (non-hydrogen) atoms. The average molecular weight is 224 g/mol. The van der Waals surface area contributed by atoms with Gasteiger partial charge >= 0.3 is 5.97 Å². The van der Waals surface area contributed by atoms with E-state index in [9.17, 15) is 4.79 Å². The minimum atomic E-state index is -0.318. The van der Waals surface area contributed by atoms with Crippen LogP contribution in [-0.2, 0) is 16.5 Å². The molecule has 0 spiro atoms. The van der Waals surface area contributed by atoms with Crippen LogP contribution in [0.5, 0.6) is 0 Å². The van der Waals surface area contributed by atoms with E-state index >= 15 is 0 Å². The van der Waals surface area contributed by atoms with Crippen LogP contribution in [-0.4, -0.2) is 29.0 Å². The van der Waals surface area contributed by atoms with Crippen LogP contribution in [0.15, 0.2) is 6.20 Å². The van der Waals surface area contributed by atoms with Crippen molar-refractivity contribution >= 4 is 5.97 Å². The van der Waals surface area contributed by atoms with Crippen LogP contribution in [0.1, 0.15) is 41.9 Å². The van der Waals surface area contributed by atoms with Crippen molar-refractivity contribution in [2.45, 2.75) is 25.9 Å². The highest BCUT2D eigenvalue weighted by Gasteiger charge is 2.27. The molecule has 1 aliphatic rings. The third-order valence-corrected chi connectivity index (χ3v) is 2.59. The Kier molecular flexibility index (Phi) is 3.24. The summed E-state index contributed by atoms with van der Waals surface area (Å²) in [5.74, 6) is -0.318. The molecule has 5 nitrogen and oxygen atoms in total. The quantitative estimate of drug-likeness (QED) is 0.729. The third-order valence-electron chi connectivity index (χ3n) is 2.59. The number of ether oxygens (including phenoxy) is 2. The summed E-state index contributed by atoms with van der Waals surface area (Å²) in [6.45, 7) is 2.90. The summed E-state index contributed by atoms with van der Waals surface area (Å²) >= 11 is 0. The van der Waals surface area contributed by atoms with E-state index < -0.39 is 0 Å². The van der Waals surface area contributed by atoms with Crippen LogP contribution in [0.4, 0.5) is 0 Å². The van der Waals surface area contributed by atoms with Crippen LogP contribution in [0.25, 0.3) is 0 Å². The van der Waals surface area contributed by atoms with Gasteiger partial charge in [0.2, 0.25) is 0 Å². The molecule has 1 saturated heterocycles. The topological polar surface area (TPSA) is 53.4 Å². The molecular formula is C11H16N2O3. The second kappa shape index (κ2) is 4.65. The largest absolute Gasteiger partial charge is 0.462 e. The summed E-state index contributed by atoms with van der Waals surface area (Å²) in [5.41, 5.74) is 1.23. The number of hydrogen-bond donors (Lipinski definition) is 0. The van der Waals surface area contributed by atoms with Gasteiger partial charge in [0.15, 0.2) is 0 Å². The Morgan fingerprint density at radius 2 is 2.56 bits per heavy atom. The summed E-state index contributed by atoms with van der Waals surface area (Å²) in [7, 11) is 1.79. The predicted molar refractivity (Wildman–Crippen MR) is 57.1 cm³/mol. The van der Waals surface area contributed by atoms with Crippen LogP contribution in [0, 0.1) is 0 Å². The molecule has 0 saturated carbocycles. The van der Waals surface area contributed by atoms with E-state index in [1.165, 1.54) is 0 Å². The summed E-state index contributed by atoms with van der Waals surface area (Å²) in [6, 6.07) is 0. The first-order valence-electron chi connectivity index (χ1n) is 5.54. The third kappa shape index (κ3) is 2.09. The molecule has 0 N–H and O–H groups in total. The van der Waals surface area contributed by atoms with Gasteiger partial charge in [-0.1, -0.05) is 0 Å². The van der Waals surface area contributed by atoms with Crippen molar-refractivity contribution in [2.24, 2.45) is 7.05 Å². The van der Waals surface area contributed by atoms with Gasteiger partial charge < -0.3 is 9.47 Å². The van der Waals surface area contributed by atoms with E-state index in [-0.39, 0.29) is 12.1 Å². The predicted octanol–water partition coefficient (Wildman–Crippen LogP) is 1.45. The number of esters is 1. The minimum Gasteiger partial charge on any atom is -0.462 e. The summed E-state index contributed by atoms with van der Waals surface area (Å²) in [6.07, 6.45) is 3.57. The van der Waals surface area contributed by atoms with Gasteiger partial charge in [-0.2, -0.15) is 5.10 Å². The number of aromatic nitrogens is 2. The maximum Gasteiger partial charge on any atom is 0.341 e. The normalized spacial score (nSPS) is 20.0. The molecular weight excluding hydrogens is 208 g/mol. The Morgan fingerprint density at radius 3 is 3.19 bits per heavy atom. The zero-order valence-corrected chi connectivity index (χ0v) is 9.60. The van der Waals surface area contributed by atoms with Crippen molar-refractivity contribution in [1.82, 2.24) is 9.78 Å². The number of carbonyl (C=O) groups excluding carboxylic acids is 1. The highest BCUT2D eigenvalue weighted by atomic mass is 16.5. The average Bonchev–Trinajstić information content (AvgIpc) is 2.85. The zero-order chi connectivity index (χ0) is 11.5. The molecule has 2 rings (SSSR count). The van der Waals surface area contributed by atoms with Gasteiger partial charge in [-0.25, -0.2) is 4.79 Å². The molecule has 1 fully saturated rings. The second-order valence-electron chi connectivity index (χ2n) is 3.82. The number of nitrogens with zero attached hydrogens (tertiary/aromatic N) is 2. The molecule has 0 bridgehead atoms. The first-order chi connectivity index (χ1) is 7.72. The molecule has 0 aromatic carbocycles. The van der Waals surface area contributed by atoms with Gasteiger partial charge in [0.1, 0.15) is 17.4 Å². The van der Waals surface area contributed by atoms with Gasteiger partial charge in [0.05, 0.1) is 6.61 Å². The minimum absolute atomic E-state index is 0.0550. The number of hydrogen-bond acceptors (Lipinski definition) is 4. The molecule has 1 aliphatic heterocycles.